The van der Waals surface area contributed by atoms with E-state index in [-0.39, 0.29) is 0 Å². The topological polar surface area (TPSA) is 71.1 Å². The highest BCUT2D eigenvalue weighted by atomic mass is 16.7. The molecule has 0 amide bonds. The van der Waals surface area contributed by atoms with Gasteiger partial charge in [-0.1, -0.05) is 108 Å². The summed E-state index contributed by atoms with van der Waals surface area (Å²) >= 11 is 0. The summed E-state index contributed by atoms with van der Waals surface area (Å²) < 4.78 is 22.5. The Labute approximate surface area is 226 Å². The van der Waals surface area contributed by atoms with Crippen LogP contribution in [-0.4, -0.2) is 25.5 Å². The van der Waals surface area contributed by atoms with Gasteiger partial charge in [-0.25, -0.2) is 9.59 Å². The predicted molar refractivity (Wildman–Crippen MR) is 152 cm³/mol. The summed E-state index contributed by atoms with van der Waals surface area (Å²) in [5.41, 5.74) is 1.03. The lowest BCUT2D eigenvalue weighted by atomic mass is 9.94. The van der Waals surface area contributed by atoms with Gasteiger partial charge in [-0.3, -0.25) is 0 Å². The molecule has 0 bridgehead atoms. The molecular formula is C32H42O6. The van der Waals surface area contributed by atoms with Gasteiger partial charge in [0.25, 0.3) is 0 Å². The summed E-state index contributed by atoms with van der Waals surface area (Å²) in [5, 5.41) is 2.80. The monoisotopic (exact) mass is 522 g/mol. The molecule has 0 radical (unpaired) electrons. The molecule has 0 atom stereocenters. The lowest BCUT2D eigenvalue weighted by Crippen LogP contribution is -2.14. The van der Waals surface area contributed by atoms with Gasteiger partial charge in [0.1, 0.15) is 5.75 Å². The molecule has 0 aromatic heterocycles. The number of carbonyl (C=O) groups excluding carboxylic acids is 2. The Morgan fingerprint density at radius 1 is 0.579 bits per heavy atom. The lowest BCUT2D eigenvalue weighted by Gasteiger charge is -2.18. The minimum atomic E-state index is -0.730. The smallest absolute Gasteiger partial charge is 0.434 e. The lowest BCUT2D eigenvalue weighted by molar-refractivity contribution is 0.0965. The Hall–Kier alpha value is -3.28. The molecule has 3 rings (SSSR count). The van der Waals surface area contributed by atoms with Crippen molar-refractivity contribution in [1.82, 2.24) is 0 Å². The number of carbonyl (C=O) groups is 2. The van der Waals surface area contributed by atoms with E-state index in [0.717, 1.165) is 81.6 Å². The highest BCUT2D eigenvalue weighted by Gasteiger charge is 2.23. The second kappa shape index (κ2) is 15.9. The van der Waals surface area contributed by atoms with Crippen molar-refractivity contribution >= 4 is 33.9 Å². The summed E-state index contributed by atoms with van der Waals surface area (Å²) in [4.78, 5) is 25.5. The van der Waals surface area contributed by atoms with Crippen molar-refractivity contribution in [2.24, 2.45) is 0 Å². The van der Waals surface area contributed by atoms with Gasteiger partial charge in [-0.05, 0) is 31.2 Å². The molecule has 0 saturated carbocycles. The first-order valence-electron chi connectivity index (χ1n) is 14.3. The van der Waals surface area contributed by atoms with Crippen molar-refractivity contribution in [1.29, 1.82) is 0 Å². The first-order chi connectivity index (χ1) is 18.6. The summed E-state index contributed by atoms with van der Waals surface area (Å²) in [7, 11) is 0. The van der Waals surface area contributed by atoms with Crippen LogP contribution < -0.4 is 9.47 Å². The quantitative estimate of drug-likeness (QED) is 0.0856. The zero-order chi connectivity index (χ0) is 27.2. The fourth-order valence-electron chi connectivity index (χ4n) is 4.60. The molecule has 0 unspecified atom stereocenters. The van der Waals surface area contributed by atoms with E-state index in [1.807, 2.05) is 42.5 Å². The van der Waals surface area contributed by atoms with E-state index in [2.05, 4.69) is 20.8 Å². The van der Waals surface area contributed by atoms with Gasteiger partial charge < -0.3 is 18.9 Å². The van der Waals surface area contributed by atoms with Gasteiger partial charge in [-0.2, -0.15) is 0 Å². The zero-order valence-electron chi connectivity index (χ0n) is 23.2. The third kappa shape index (κ3) is 8.11. The molecule has 0 fully saturated rings. The summed E-state index contributed by atoms with van der Waals surface area (Å²) in [5.74, 6) is 0.842. The molecule has 38 heavy (non-hydrogen) atoms. The fraction of sp³-hybridized carbons (Fsp3) is 0.500. The molecule has 3 aromatic rings. The molecule has 0 spiro atoms. The molecule has 3 aromatic carbocycles. The Morgan fingerprint density at radius 3 is 1.68 bits per heavy atom. The van der Waals surface area contributed by atoms with Crippen LogP contribution in [0.1, 0.15) is 90.5 Å². The highest BCUT2D eigenvalue weighted by Crippen LogP contribution is 2.44. The van der Waals surface area contributed by atoms with Crippen LogP contribution in [0.25, 0.3) is 21.5 Å². The fourth-order valence-corrected chi connectivity index (χ4v) is 4.60. The van der Waals surface area contributed by atoms with E-state index < -0.39 is 12.3 Å². The Morgan fingerprint density at radius 2 is 1.11 bits per heavy atom. The number of hydrogen-bond acceptors (Lipinski definition) is 6. The van der Waals surface area contributed by atoms with Crippen LogP contribution in [0.15, 0.2) is 42.5 Å². The summed E-state index contributed by atoms with van der Waals surface area (Å²) in [6.45, 7) is 7.06. The molecule has 0 aliphatic rings. The number of aryl methyl sites for hydroxylation is 1. The Kier molecular flexibility index (Phi) is 12.2. The zero-order valence-corrected chi connectivity index (χ0v) is 23.2. The van der Waals surface area contributed by atoms with Crippen molar-refractivity contribution < 1.29 is 28.5 Å². The minimum absolute atomic E-state index is 0.321. The summed E-state index contributed by atoms with van der Waals surface area (Å²) in [6.07, 6.45) is 9.42. The van der Waals surface area contributed by atoms with Crippen LogP contribution in [0.4, 0.5) is 9.59 Å². The number of fused-ring (bicyclic) bond motifs is 2. The van der Waals surface area contributed by atoms with Crippen molar-refractivity contribution in [2.45, 2.75) is 91.4 Å². The van der Waals surface area contributed by atoms with Gasteiger partial charge in [0.15, 0.2) is 5.75 Å². The van der Waals surface area contributed by atoms with Crippen molar-refractivity contribution in [2.75, 3.05) is 13.2 Å². The largest absolute Gasteiger partial charge is 0.513 e. The first kappa shape index (κ1) is 29.3. The van der Waals surface area contributed by atoms with Gasteiger partial charge in [0.2, 0.25) is 0 Å². The second-order valence-corrected chi connectivity index (χ2v) is 9.67. The number of unbranched alkanes of at least 4 members (excludes halogenated alkanes) is 7. The molecular weight excluding hydrogens is 480 g/mol. The number of hydrogen-bond donors (Lipinski definition) is 0. The maximum atomic E-state index is 12.8. The Bertz CT molecular complexity index is 1190. The Balaban J connectivity index is 1.98. The molecule has 0 heterocycles. The molecule has 0 saturated heterocycles. The van der Waals surface area contributed by atoms with Gasteiger partial charge in [0, 0.05) is 21.5 Å². The molecule has 6 nitrogen and oxygen atoms in total. The highest BCUT2D eigenvalue weighted by molar-refractivity contribution is 6.13. The van der Waals surface area contributed by atoms with Gasteiger partial charge >= 0.3 is 12.3 Å². The number of benzene rings is 3. The molecule has 0 aliphatic heterocycles. The van der Waals surface area contributed by atoms with Crippen LogP contribution in [0.5, 0.6) is 11.5 Å². The van der Waals surface area contributed by atoms with Crippen LogP contribution >= 0.6 is 0 Å². The van der Waals surface area contributed by atoms with E-state index >= 15 is 0 Å². The van der Waals surface area contributed by atoms with E-state index in [4.69, 9.17) is 18.9 Å². The predicted octanol–water partition coefficient (Wildman–Crippen LogP) is 9.53. The van der Waals surface area contributed by atoms with Crippen LogP contribution in [0, 0.1) is 0 Å². The van der Waals surface area contributed by atoms with Gasteiger partial charge in [0.05, 0.1) is 13.2 Å². The number of rotatable bonds is 15. The average molecular weight is 523 g/mol. The third-order valence-corrected chi connectivity index (χ3v) is 6.64. The third-order valence-electron chi connectivity index (χ3n) is 6.64. The minimum Gasteiger partial charge on any atom is -0.434 e. The maximum Gasteiger partial charge on any atom is 0.513 e. The molecule has 0 N–H and O–H groups in total. The molecule has 0 aliphatic carbocycles. The first-order valence-corrected chi connectivity index (χ1v) is 14.3. The maximum absolute atomic E-state index is 12.8. The SMILES string of the molecule is CCCCCCOC(=O)Oc1c2ccccc2c(OC(=O)OCCCCCC)c2c(CCCC)cccc12. The van der Waals surface area contributed by atoms with Crippen molar-refractivity contribution in [3.05, 3.63) is 48.0 Å². The average Bonchev–Trinajstić information content (AvgIpc) is 2.93. The van der Waals surface area contributed by atoms with E-state index in [9.17, 15) is 9.59 Å². The second-order valence-electron chi connectivity index (χ2n) is 9.67. The standard InChI is InChI=1S/C32H42O6/c1-4-7-10-14-22-35-31(33)37-29-25-19-12-13-20-26(25)30(38-32(34)36-23-15-11-8-5-2)28-24(17-9-6-3)18-16-21-27(28)29/h12-13,16,18-21H,4-11,14-15,17,22-23H2,1-3H3. The van der Waals surface area contributed by atoms with E-state index in [1.165, 1.54) is 0 Å². The molecule has 6 heteroatoms. The molecule has 206 valence electrons. The number of ether oxygens (including phenoxy) is 4. The van der Waals surface area contributed by atoms with Crippen LogP contribution in [0.2, 0.25) is 0 Å². The normalized spacial score (nSPS) is 11.0. The summed E-state index contributed by atoms with van der Waals surface area (Å²) in [6, 6.07) is 13.4. The van der Waals surface area contributed by atoms with Crippen LogP contribution in [-0.2, 0) is 15.9 Å². The van der Waals surface area contributed by atoms with E-state index in [0.29, 0.717) is 40.9 Å². The van der Waals surface area contributed by atoms with Crippen molar-refractivity contribution in [3.8, 4) is 11.5 Å². The van der Waals surface area contributed by atoms with E-state index in [1.54, 1.807) is 0 Å². The van der Waals surface area contributed by atoms with Crippen molar-refractivity contribution in [3.63, 3.8) is 0 Å². The van der Waals surface area contributed by atoms with Gasteiger partial charge in [-0.15, -0.1) is 0 Å². The van der Waals surface area contributed by atoms with Crippen LogP contribution in [0.3, 0.4) is 0 Å².